The fraction of sp³-hybridized carbons (Fsp3) is 0.643. The molecule has 0 bridgehead atoms. The fourth-order valence-electron chi connectivity index (χ4n) is 2.55. The maximum Gasteiger partial charge on any atom is 0.263 e. The van der Waals surface area contributed by atoms with E-state index < -0.39 is 0 Å². The number of thioether (sulfide) groups is 1. The largest absolute Gasteiger partial charge is 0.396 e. The molecule has 0 radical (unpaired) electrons. The number of carbonyl (C=O) groups is 1. The van der Waals surface area contributed by atoms with Crippen LogP contribution in [0, 0.1) is 0 Å². The molecule has 0 spiro atoms. The third-order valence-corrected chi connectivity index (χ3v) is 5.88. The summed E-state index contributed by atoms with van der Waals surface area (Å²) in [4.78, 5) is 16.0. The van der Waals surface area contributed by atoms with Crippen LogP contribution in [0.1, 0.15) is 41.8 Å². The molecule has 0 unspecified atom stereocenters. The van der Waals surface area contributed by atoms with Gasteiger partial charge in [0.15, 0.2) is 0 Å². The van der Waals surface area contributed by atoms with Crippen LogP contribution in [0.2, 0.25) is 0 Å². The number of nitrogens with two attached hydrogens (primary N) is 1. The van der Waals surface area contributed by atoms with E-state index in [1.54, 1.807) is 18.8 Å². The Bertz CT molecular complexity index is 465. The van der Waals surface area contributed by atoms with E-state index in [0.717, 1.165) is 18.0 Å². The van der Waals surface area contributed by atoms with Crippen LogP contribution in [0.15, 0.2) is 4.90 Å². The maximum absolute atomic E-state index is 11.9. The Morgan fingerprint density at radius 1 is 1.25 bits per heavy atom. The summed E-state index contributed by atoms with van der Waals surface area (Å²) in [5.41, 5.74) is 6.81. The van der Waals surface area contributed by atoms with Gasteiger partial charge in [-0.25, -0.2) is 0 Å². The Morgan fingerprint density at radius 2 is 1.85 bits per heavy atom. The summed E-state index contributed by atoms with van der Waals surface area (Å²) in [5, 5.41) is 3.85. The lowest BCUT2D eigenvalue weighted by atomic mass is 10.1. The molecule has 4 nitrogen and oxygen atoms in total. The second kappa shape index (κ2) is 7.22. The molecule has 2 heterocycles. The Kier molecular flexibility index (Phi) is 5.60. The first-order valence-corrected chi connectivity index (χ1v) is 9.16. The quantitative estimate of drug-likeness (QED) is 0.842. The zero-order valence-corrected chi connectivity index (χ0v) is 13.8. The normalized spacial score (nSPS) is 16.6. The van der Waals surface area contributed by atoms with Crippen LogP contribution in [0.5, 0.6) is 0 Å². The lowest BCUT2D eigenvalue weighted by molar-refractivity contribution is 0.0968. The molecule has 0 atom stereocenters. The predicted octanol–water partition coefficient (Wildman–Crippen LogP) is 3.18. The number of hydrogen-bond acceptors (Lipinski definition) is 5. The lowest BCUT2D eigenvalue weighted by Crippen LogP contribution is -2.26. The first kappa shape index (κ1) is 15.5. The number of carbonyl (C=O) groups excluding carboxylic acids is 1. The Morgan fingerprint density at radius 3 is 2.40 bits per heavy atom. The molecule has 2 rings (SSSR count). The minimum absolute atomic E-state index is 0.0823. The number of nitrogens with one attached hydrogen (secondary N) is 1. The molecule has 1 aliphatic rings. The lowest BCUT2D eigenvalue weighted by Gasteiger charge is -2.26. The number of nitrogens with zero attached hydrogens (tertiary/aromatic N) is 1. The number of hydrogen-bond donors (Lipinski definition) is 2. The van der Waals surface area contributed by atoms with Gasteiger partial charge in [-0.2, -0.15) is 0 Å². The van der Waals surface area contributed by atoms with Crippen molar-refractivity contribution in [1.29, 1.82) is 0 Å². The average molecular weight is 313 g/mol. The SMILES string of the molecule is CNC(=O)c1sc(N2CCCCCCC2)c(SC)c1N. The van der Waals surface area contributed by atoms with E-state index >= 15 is 0 Å². The highest BCUT2D eigenvalue weighted by molar-refractivity contribution is 7.99. The molecule has 0 aliphatic carbocycles. The highest BCUT2D eigenvalue weighted by atomic mass is 32.2. The van der Waals surface area contributed by atoms with Crippen molar-refractivity contribution in [1.82, 2.24) is 5.32 Å². The van der Waals surface area contributed by atoms with Crippen LogP contribution in [-0.4, -0.2) is 32.3 Å². The van der Waals surface area contributed by atoms with E-state index in [1.807, 2.05) is 6.26 Å². The smallest absolute Gasteiger partial charge is 0.263 e. The van der Waals surface area contributed by atoms with Gasteiger partial charge in [0.2, 0.25) is 0 Å². The van der Waals surface area contributed by atoms with Crippen LogP contribution in [0.4, 0.5) is 10.7 Å². The molecule has 1 saturated heterocycles. The standard InChI is InChI=1S/C14H23N3OS2/c1-16-13(18)11-10(15)12(19-2)14(20-11)17-8-6-4-3-5-7-9-17/h3-9,15H2,1-2H3,(H,16,18). The fourth-order valence-corrected chi connectivity index (χ4v) is 4.73. The highest BCUT2D eigenvalue weighted by Gasteiger charge is 2.23. The summed E-state index contributed by atoms with van der Waals surface area (Å²) in [5.74, 6) is -0.0823. The molecular formula is C14H23N3OS2. The van der Waals surface area contributed by atoms with Crippen LogP contribution >= 0.6 is 23.1 Å². The topological polar surface area (TPSA) is 58.4 Å². The van der Waals surface area contributed by atoms with Gasteiger partial charge in [0.25, 0.3) is 5.91 Å². The molecular weight excluding hydrogens is 290 g/mol. The number of nitrogen functional groups attached to an aromatic ring is 1. The summed E-state index contributed by atoms with van der Waals surface area (Å²) in [6.45, 7) is 2.14. The van der Waals surface area contributed by atoms with Gasteiger partial charge in [0, 0.05) is 20.1 Å². The molecule has 1 fully saturated rings. The highest BCUT2D eigenvalue weighted by Crippen LogP contribution is 2.44. The average Bonchev–Trinajstić information content (AvgIpc) is 2.74. The van der Waals surface area contributed by atoms with E-state index in [-0.39, 0.29) is 5.91 Å². The maximum atomic E-state index is 11.9. The van der Waals surface area contributed by atoms with E-state index in [2.05, 4.69) is 10.2 Å². The zero-order valence-electron chi connectivity index (χ0n) is 12.2. The van der Waals surface area contributed by atoms with Crippen molar-refractivity contribution in [2.24, 2.45) is 0 Å². The summed E-state index contributed by atoms with van der Waals surface area (Å²) in [7, 11) is 1.65. The van der Waals surface area contributed by atoms with Gasteiger partial charge in [0.05, 0.1) is 10.6 Å². The Labute approximate surface area is 129 Å². The second-order valence-corrected chi connectivity index (χ2v) is 6.83. The summed E-state index contributed by atoms with van der Waals surface area (Å²) < 4.78 is 0. The van der Waals surface area contributed by atoms with Gasteiger partial charge < -0.3 is 16.0 Å². The van der Waals surface area contributed by atoms with Crippen molar-refractivity contribution >= 4 is 39.7 Å². The van der Waals surface area contributed by atoms with Crippen molar-refractivity contribution in [3.8, 4) is 0 Å². The molecule has 6 heteroatoms. The summed E-state index contributed by atoms with van der Waals surface area (Å²) in [6.07, 6.45) is 8.42. The van der Waals surface area contributed by atoms with Crippen molar-refractivity contribution in [3.63, 3.8) is 0 Å². The van der Waals surface area contributed by atoms with Crippen LogP contribution in [0.25, 0.3) is 0 Å². The number of anilines is 2. The molecule has 1 aliphatic heterocycles. The number of amides is 1. The van der Waals surface area contributed by atoms with E-state index in [1.165, 1.54) is 48.4 Å². The molecule has 1 aromatic heterocycles. The third-order valence-electron chi connectivity index (χ3n) is 3.66. The number of rotatable bonds is 3. The van der Waals surface area contributed by atoms with Crippen molar-refractivity contribution in [2.75, 3.05) is 37.0 Å². The minimum atomic E-state index is -0.0823. The van der Waals surface area contributed by atoms with Gasteiger partial charge in [-0.15, -0.1) is 23.1 Å². The zero-order chi connectivity index (χ0) is 14.5. The number of thiophene rings is 1. The third kappa shape index (κ3) is 3.23. The van der Waals surface area contributed by atoms with Gasteiger partial charge in [-0.1, -0.05) is 19.3 Å². The molecule has 1 aromatic rings. The van der Waals surface area contributed by atoms with Crippen LogP contribution in [-0.2, 0) is 0 Å². The minimum Gasteiger partial charge on any atom is -0.396 e. The summed E-state index contributed by atoms with van der Waals surface area (Å²) in [6, 6.07) is 0. The van der Waals surface area contributed by atoms with E-state index in [4.69, 9.17) is 5.73 Å². The van der Waals surface area contributed by atoms with E-state index in [0.29, 0.717) is 10.6 Å². The van der Waals surface area contributed by atoms with Crippen molar-refractivity contribution < 1.29 is 4.79 Å². The molecule has 112 valence electrons. The van der Waals surface area contributed by atoms with Crippen LogP contribution in [0.3, 0.4) is 0 Å². The molecule has 20 heavy (non-hydrogen) atoms. The first-order chi connectivity index (χ1) is 9.69. The second-order valence-electron chi connectivity index (χ2n) is 5.02. The molecule has 3 N–H and O–H groups in total. The first-order valence-electron chi connectivity index (χ1n) is 7.12. The van der Waals surface area contributed by atoms with E-state index in [9.17, 15) is 4.79 Å². The molecule has 0 aromatic carbocycles. The summed E-state index contributed by atoms with van der Waals surface area (Å²) >= 11 is 3.17. The van der Waals surface area contributed by atoms with Gasteiger partial charge in [0.1, 0.15) is 9.88 Å². The Hall–Kier alpha value is -0.880. The van der Waals surface area contributed by atoms with Crippen molar-refractivity contribution in [3.05, 3.63) is 4.88 Å². The van der Waals surface area contributed by atoms with Gasteiger partial charge in [-0.3, -0.25) is 4.79 Å². The Balaban J connectivity index is 2.31. The van der Waals surface area contributed by atoms with Crippen molar-refractivity contribution in [2.45, 2.75) is 37.0 Å². The monoisotopic (exact) mass is 313 g/mol. The van der Waals surface area contributed by atoms with Crippen LogP contribution < -0.4 is 16.0 Å². The molecule has 1 amide bonds. The predicted molar refractivity (Wildman–Crippen MR) is 89.2 cm³/mol. The molecule has 0 saturated carbocycles. The van der Waals surface area contributed by atoms with Gasteiger partial charge in [-0.05, 0) is 19.1 Å². The van der Waals surface area contributed by atoms with Gasteiger partial charge >= 0.3 is 0 Å².